The summed E-state index contributed by atoms with van der Waals surface area (Å²) in [7, 11) is 0. The van der Waals surface area contributed by atoms with Crippen LogP contribution in [0.3, 0.4) is 0 Å². The Hall–Kier alpha value is -1.81. The van der Waals surface area contributed by atoms with Crippen LogP contribution in [0.25, 0.3) is 0 Å². The molecule has 0 amide bonds. The summed E-state index contributed by atoms with van der Waals surface area (Å²) in [5.74, 6) is 1.51. The predicted molar refractivity (Wildman–Crippen MR) is 83.6 cm³/mol. The zero-order valence-electron chi connectivity index (χ0n) is 12.2. The second kappa shape index (κ2) is 5.53. The Morgan fingerprint density at radius 3 is 2.95 bits per heavy atom. The Labute approximate surface area is 128 Å². The fourth-order valence-electron chi connectivity index (χ4n) is 2.45. The van der Waals surface area contributed by atoms with Crippen molar-refractivity contribution in [2.75, 3.05) is 6.61 Å². The molecule has 0 saturated heterocycles. The minimum atomic E-state index is -0.445. The summed E-state index contributed by atoms with van der Waals surface area (Å²) in [5, 5.41) is 2.07. The minimum absolute atomic E-state index is 0.131. The quantitative estimate of drug-likeness (QED) is 0.852. The van der Waals surface area contributed by atoms with E-state index in [2.05, 4.69) is 11.4 Å². The summed E-state index contributed by atoms with van der Waals surface area (Å²) < 4.78 is 11.6. The van der Waals surface area contributed by atoms with Gasteiger partial charge in [-0.05, 0) is 37.4 Å². The Kier molecular flexibility index (Phi) is 3.72. The number of hydrogen-bond donors (Lipinski definition) is 0. The molecule has 1 aromatic carbocycles. The average molecular weight is 302 g/mol. The van der Waals surface area contributed by atoms with Gasteiger partial charge in [-0.25, -0.2) is 0 Å². The van der Waals surface area contributed by atoms with Gasteiger partial charge in [-0.15, -0.1) is 11.3 Å². The maximum absolute atomic E-state index is 12.1. The first-order chi connectivity index (χ1) is 10.0. The molecule has 4 heteroatoms. The standard InChI is InChI=1S/C17H18O3S/c1-17(2)11-15(18)14-6-5-12(10-16(14)20-17)19-8-7-13-4-3-9-21-13/h3-6,9-10H,7-8,11H2,1-2H3. The van der Waals surface area contributed by atoms with E-state index in [1.165, 1.54) is 4.88 Å². The number of rotatable bonds is 4. The van der Waals surface area contributed by atoms with Crippen LogP contribution in [0.15, 0.2) is 35.7 Å². The third kappa shape index (κ3) is 3.27. The van der Waals surface area contributed by atoms with Gasteiger partial charge in [0.2, 0.25) is 0 Å². The molecule has 0 atom stereocenters. The largest absolute Gasteiger partial charge is 0.493 e. The second-order valence-electron chi connectivity index (χ2n) is 5.80. The fraction of sp³-hybridized carbons (Fsp3) is 0.353. The first-order valence-electron chi connectivity index (χ1n) is 7.05. The van der Waals surface area contributed by atoms with Gasteiger partial charge in [0.05, 0.1) is 18.6 Å². The smallest absolute Gasteiger partial charge is 0.170 e. The molecule has 2 heterocycles. The lowest BCUT2D eigenvalue weighted by molar-refractivity contribution is 0.0618. The Balaban J connectivity index is 1.69. The number of benzene rings is 1. The van der Waals surface area contributed by atoms with Crippen LogP contribution in [0.4, 0.5) is 0 Å². The van der Waals surface area contributed by atoms with Crippen molar-refractivity contribution in [3.63, 3.8) is 0 Å². The summed E-state index contributed by atoms with van der Waals surface area (Å²) in [6.07, 6.45) is 1.30. The SMILES string of the molecule is CC1(C)CC(=O)c2ccc(OCCc3cccs3)cc2O1. The number of ether oxygens (including phenoxy) is 2. The average Bonchev–Trinajstić information content (AvgIpc) is 2.90. The molecule has 0 aliphatic carbocycles. The van der Waals surface area contributed by atoms with Crippen LogP contribution in [-0.2, 0) is 6.42 Å². The van der Waals surface area contributed by atoms with Gasteiger partial charge in [-0.1, -0.05) is 6.07 Å². The number of hydrogen-bond acceptors (Lipinski definition) is 4. The molecule has 1 aliphatic rings. The van der Waals surface area contributed by atoms with Crippen molar-refractivity contribution in [3.05, 3.63) is 46.2 Å². The number of fused-ring (bicyclic) bond motifs is 1. The lowest BCUT2D eigenvalue weighted by Gasteiger charge is -2.31. The van der Waals surface area contributed by atoms with Crippen molar-refractivity contribution in [1.82, 2.24) is 0 Å². The molecule has 21 heavy (non-hydrogen) atoms. The zero-order chi connectivity index (χ0) is 14.9. The Morgan fingerprint density at radius 1 is 1.33 bits per heavy atom. The van der Waals surface area contributed by atoms with E-state index in [0.717, 1.165) is 12.2 Å². The van der Waals surface area contributed by atoms with E-state index in [-0.39, 0.29) is 5.78 Å². The molecule has 3 nitrogen and oxygen atoms in total. The Morgan fingerprint density at radius 2 is 2.19 bits per heavy atom. The van der Waals surface area contributed by atoms with E-state index >= 15 is 0 Å². The molecule has 0 unspecified atom stereocenters. The monoisotopic (exact) mass is 302 g/mol. The van der Waals surface area contributed by atoms with Gasteiger partial charge in [-0.2, -0.15) is 0 Å². The van der Waals surface area contributed by atoms with Crippen LogP contribution in [0.2, 0.25) is 0 Å². The van der Waals surface area contributed by atoms with Crippen molar-refractivity contribution in [3.8, 4) is 11.5 Å². The molecule has 0 bridgehead atoms. The van der Waals surface area contributed by atoms with E-state index in [0.29, 0.717) is 24.3 Å². The summed E-state index contributed by atoms with van der Waals surface area (Å²) >= 11 is 1.73. The minimum Gasteiger partial charge on any atom is -0.493 e. The first-order valence-corrected chi connectivity index (χ1v) is 7.93. The molecule has 0 fully saturated rings. The molecule has 2 aromatic rings. The molecular formula is C17H18O3S. The topological polar surface area (TPSA) is 35.5 Å². The highest BCUT2D eigenvalue weighted by atomic mass is 32.1. The predicted octanol–water partition coefficient (Wildman–Crippen LogP) is 4.11. The highest BCUT2D eigenvalue weighted by molar-refractivity contribution is 7.09. The molecular weight excluding hydrogens is 284 g/mol. The summed E-state index contributed by atoms with van der Waals surface area (Å²) in [6, 6.07) is 9.61. The summed E-state index contributed by atoms with van der Waals surface area (Å²) in [6.45, 7) is 4.48. The number of Topliss-reactive ketones (excluding diaryl/α,β-unsaturated/α-hetero) is 1. The van der Waals surface area contributed by atoms with Gasteiger partial charge in [0, 0.05) is 17.4 Å². The Bertz CT molecular complexity index is 644. The van der Waals surface area contributed by atoms with E-state index < -0.39 is 5.60 Å². The molecule has 1 aliphatic heterocycles. The van der Waals surface area contributed by atoms with Gasteiger partial charge in [-0.3, -0.25) is 4.79 Å². The highest BCUT2D eigenvalue weighted by Gasteiger charge is 2.32. The molecule has 0 spiro atoms. The van der Waals surface area contributed by atoms with Crippen molar-refractivity contribution < 1.29 is 14.3 Å². The molecule has 0 N–H and O–H groups in total. The third-order valence-corrected chi connectivity index (χ3v) is 4.36. The normalized spacial score (nSPS) is 16.2. The van der Waals surface area contributed by atoms with Crippen LogP contribution in [0, 0.1) is 0 Å². The van der Waals surface area contributed by atoms with Gasteiger partial charge >= 0.3 is 0 Å². The number of carbonyl (C=O) groups is 1. The van der Waals surface area contributed by atoms with Crippen LogP contribution < -0.4 is 9.47 Å². The second-order valence-corrected chi connectivity index (χ2v) is 6.83. The van der Waals surface area contributed by atoms with E-state index in [1.807, 2.05) is 32.0 Å². The summed E-state index contributed by atoms with van der Waals surface area (Å²) in [5.41, 5.74) is 0.208. The molecule has 3 rings (SSSR count). The lowest BCUT2D eigenvalue weighted by Crippen LogP contribution is -2.35. The lowest BCUT2D eigenvalue weighted by atomic mass is 9.93. The van der Waals surface area contributed by atoms with Gasteiger partial charge in [0.15, 0.2) is 5.78 Å². The number of carbonyl (C=O) groups excluding carboxylic acids is 1. The molecule has 110 valence electrons. The van der Waals surface area contributed by atoms with Gasteiger partial charge in [0.1, 0.15) is 17.1 Å². The van der Waals surface area contributed by atoms with E-state index in [4.69, 9.17) is 9.47 Å². The van der Waals surface area contributed by atoms with Crippen molar-refractivity contribution in [2.45, 2.75) is 32.3 Å². The third-order valence-electron chi connectivity index (χ3n) is 3.42. The molecule has 1 aromatic heterocycles. The number of thiophene rings is 1. The van der Waals surface area contributed by atoms with E-state index in [9.17, 15) is 4.79 Å². The maximum Gasteiger partial charge on any atom is 0.170 e. The van der Waals surface area contributed by atoms with Crippen LogP contribution in [0.5, 0.6) is 11.5 Å². The van der Waals surface area contributed by atoms with Crippen molar-refractivity contribution in [2.24, 2.45) is 0 Å². The van der Waals surface area contributed by atoms with Gasteiger partial charge < -0.3 is 9.47 Å². The first kappa shape index (κ1) is 14.1. The zero-order valence-corrected chi connectivity index (χ0v) is 13.0. The fourth-order valence-corrected chi connectivity index (χ4v) is 3.14. The van der Waals surface area contributed by atoms with Crippen molar-refractivity contribution in [1.29, 1.82) is 0 Å². The summed E-state index contributed by atoms with van der Waals surface area (Å²) in [4.78, 5) is 13.4. The molecule has 0 saturated carbocycles. The van der Waals surface area contributed by atoms with Crippen LogP contribution >= 0.6 is 11.3 Å². The van der Waals surface area contributed by atoms with Gasteiger partial charge in [0.25, 0.3) is 0 Å². The van der Waals surface area contributed by atoms with Crippen LogP contribution in [0.1, 0.15) is 35.5 Å². The van der Waals surface area contributed by atoms with Crippen LogP contribution in [-0.4, -0.2) is 18.0 Å². The van der Waals surface area contributed by atoms with Crippen molar-refractivity contribution >= 4 is 17.1 Å². The van der Waals surface area contributed by atoms with E-state index in [1.54, 1.807) is 17.4 Å². The highest BCUT2D eigenvalue weighted by Crippen LogP contribution is 2.35. The number of ketones is 1. The maximum atomic E-state index is 12.1. The molecule has 0 radical (unpaired) electrons.